The number of thiophene rings is 1. The predicted molar refractivity (Wildman–Crippen MR) is 119 cm³/mol. The predicted octanol–water partition coefficient (Wildman–Crippen LogP) is 5.28. The zero-order valence-corrected chi connectivity index (χ0v) is 17.6. The third kappa shape index (κ3) is 4.93. The van der Waals surface area contributed by atoms with Gasteiger partial charge in [0.25, 0.3) is 5.91 Å². The van der Waals surface area contributed by atoms with E-state index in [0.29, 0.717) is 5.56 Å². The number of morpholine rings is 1. The molecular formula is C24H26N2O2S. The average Bonchev–Trinajstić information content (AvgIpc) is 3.23. The van der Waals surface area contributed by atoms with Gasteiger partial charge in [0.1, 0.15) is 0 Å². The van der Waals surface area contributed by atoms with Crippen LogP contribution in [-0.4, -0.2) is 36.1 Å². The number of anilines is 1. The number of rotatable bonds is 5. The molecule has 0 spiro atoms. The Hall–Kier alpha value is -2.47. The van der Waals surface area contributed by atoms with Crippen molar-refractivity contribution in [1.82, 2.24) is 4.90 Å². The van der Waals surface area contributed by atoms with Crippen LogP contribution in [0.5, 0.6) is 0 Å². The van der Waals surface area contributed by atoms with Gasteiger partial charge in [-0.2, -0.15) is 0 Å². The van der Waals surface area contributed by atoms with Gasteiger partial charge in [0.15, 0.2) is 0 Å². The van der Waals surface area contributed by atoms with Crippen molar-refractivity contribution >= 4 is 22.9 Å². The summed E-state index contributed by atoms with van der Waals surface area (Å²) in [5.41, 5.74) is 3.75. The highest BCUT2D eigenvalue weighted by Crippen LogP contribution is 2.31. The summed E-state index contributed by atoms with van der Waals surface area (Å²) in [6.45, 7) is 6.98. The van der Waals surface area contributed by atoms with E-state index < -0.39 is 0 Å². The molecule has 1 aliphatic rings. The maximum absolute atomic E-state index is 12.8. The number of hydrogen-bond donors (Lipinski definition) is 1. The van der Waals surface area contributed by atoms with Gasteiger partial charge in [0.2, 0.25) is 0 Å². The zero-order valence-electron chi connectivity index (χ0n) is 16.8. The summed E-state index contributed by atoms with van der Waals surface area (Å²) >= 11 is 1.67. The first kappa shape index (κ1) is 19.8. The summed E-state index contributed by atoms with van der Waals surface area (Å²) in [6, 6.07) is 19.9. The van der Waals surface area contributed by atoms with Crippen LogP contribution in [0.1, 0.15) is 29.8 Å². The van der Waals surface area contributed by atoms with Crippen LogP contribution in [0.15, 0.2) is 66.0 Å². The quantitative estimate of drug-likeness (QED) is 0.627. The number of hydrogen-bond acceptors (Lipinski definition) is 4. The molecule has 1 N–H and O–H groups in total. The van der Waals surface area contributed by atoms with Crippen molar-refractivity contribution in [2.45, 2.75) is 32.6 Å². The van der Waals surface area contributed by atoms with Gasteiger partial charge in [-0.1, -0.05) is 36.4 Å². The first-order valence-corrected chi connectivity index (χ1v) is 10.9. The number of carbonyl (C=O) groups is 1. The van der Waals surface area contributed by atoms with Crippen LogP contribution in [-0.2, 0) is 11.3 Å². The molecule has 2 atom stereocenters. The lowest BCUT2D eigenvalue weighted by Gasteiger charge is -2.35. The average molecular weight is 407 g/mol. The van der Waals surface area contributed by atoms with Crippen LogP contribution in [0.3, 0.4) is 0 Å². The number of carbonyl (C=O) groups excluding carboxylic acids is 1. The van der Waals surface area contributed by atoms with Crippen LogP contribution < -0.4 is 5.32 Å². The molecule has 0 unspecified atom stereocenters. The fraction of sp³-hybridized carbons (Fsp3) is 0.292. The molecule has 1 saturated heterocycles. The molecule has 4 rings (SSSR count). The summed E-state index contributed by atoms with van der Waals surface area (Å²) in [7, 11) is 0. The van der Waals surface area contributed by atoms with Gasteiger partial charge < -0.3 is 10.1 Å². The second-order valence-corrected chi connectivity index (χ2v) is 8.57. The van der Waals surface area contributed by atoms with Crippen molar-refractivity contribution in [3.8, 4) is 10.4 Å². The molecule has 2 heterocycles. The van der Waals surface area contributed by atoms with Gasteiger partial charge >= 0.3 is 0 Å². The van der Waals surface area contributed by atoms with E-state index in [1.807, 2.05) is 60.0 Å². The molecule has 29 heavy (non-hydrogen) atoms. The molecule has 0 saturated carbocycles. The van der Waals surface area contributed by atoms with Crippen molar-refractivity contribution in [1.29, 1.82) is 0 Å². The van der Waals surface area contributed by atoms with Crippen LogP contribution in [0.25, 0.3) is 10.4 Å². The van der Waals surface area contributed by atoms with Crippen molar-refractivity contribution < 1.29 is 9.53 Å². The highest BCUT2D eigenvalue weighted by Gasteiger charge is 2.22. The lowest BCUT2D eigenvalue weighted by atomic mass is 10.1. The number of nitrogens with zero attached hydrogens (tertiary/aromatic N) is 1. The summed E-state index contributed by atoms with van der Waals surface area (Å²) in [4.78, 5) is 16.3. The summed E-state index contributed by atoms with van der Waals surface area (Å²) < 4.78 is 5.80. The molecule has 3 aromatic rings. The van der Waals surface area contributed by atoms with E-state index in [2.05, 4.69) is 30.1 Å². The highest BCUT2D eigenvalue weighted by atomic mass is 32.1. The Balaban J connectivity index is 1.43. The number of para-hydroxylation sites is 1. The lowest BCUT2D eigenvalue weighted by molar-refractivity contribution is -0.0704. The minimum absolute atomic E-state index is 0.0887. The van der Waals surface area contributed by atoms with Crippen molar-refractivity contribution in [3.05, 3.63) is 77.2 Å². The molecule has 1 aliphatic heterocycles. The minimum Gasteiger partial charge on any atom is -0.373 e. The van der Waals surface area contributed by atoms with Gasteiger partial charge in [0.05, 0.1) is 12.2 Å². The Kier molecular flexibility index (Phi) is 6.09. The van der Waals surface area contributed by atoms with Gasteiger partial charge in [-0.25, -0.2) is 0 Å². The van der Waals surface area contributed by atoms with E-state index in [0.717, 1.165) is 35.8 Å². The molecule has 0 bridgehead atoms. The Morgan fingerprint density at radius 2 is 1.76 bits per heavy atom. The number of amides is 1. The molecule has 1 amide bonds. The van der Waals surface area contributed by atoms with Crippen molar-refractivity contribution in [2.75, 3.05) is 18.4 Å². The first-order chi connectivity index (χ1) is 14.1. The largest absolute Gasteiger partial charge is 0.373 e. The molecule has 4 nitrogen and oxygen atoms in total. The third-order valence-corrected chi connectivity index (χ3v) is 5.98. The first-order valence-electron chi connectivity index (χ1n) is 9.99. The Bertz CT molecular complexity index is 943. The lowest BCUT2D eigenvalue weighted by Crippen LogP contribution is -2.44. The molecule has 5 heteroatoms. The summed E-state index contributed by atoms with van der Waals surface area (Å²) in [6.07, 6.45) is 0.513. The molecule has 150 valence electrons. The smallest absolute Gasteiger partial charge is 0.255 e. The van der Waals surface area contributed by atoms with E-state index in [1.165, 1.54) is 5.56 Å². The minimum atomic E-state index is -0.0887. The molecule has 1 fully saturated rings. The van der Waals surface area contributed by atoms with Gasteiger partial charge in [0, 0.05) is 41.3 Å². The second-order valence-electron chi connectivity index (χ2n) is 7.63. The monoisotopic (exact) mass is 406 g/mol. The Labute approximate surface area is 176 Å². The van der Waals surface area contributed by atoms with Crippen molar-refractivity contribution in [2.24, 2.45) is 0 Å². The highest BCUT2D eigenvalue weighted by molar-refractivity contribution is 7.13. The van der Waals surface area contributed by atoms with Crippen LogP contribution in [0, 0.1) is 0 Å². The SMILES string of the molecule is C[C@@H]1CN(Cc2ccc(C(=O)Nc3ccccc3-c3cccs3)cc2)C[C@@H](C)O1. The molecule has 2 aromatic carbocycles. The number of benzene rings is 2. The maximum atomic E-state index is 12.8. The molecule has 0 radical (unpaired) electrons. The van der Waals surface area contributed by atoms with Gasteiger partial charge in [-0.05, 0) is 49.1 Å². The van der Waals surface area contributed by atoms with E-state index in [9.17, 15) is 4.79 Å². The standard InChI is InChI=1S/C24H26N2O2S/c1-17-14-26(15-18(2)28-17)16-19-9-11-20(12-10-19)24(27)25-22-7-4-3-6-21(22)23-8-5-13-29-23/h3-13,17-18H,14-16H2,1-2H3,(H,25,27)/t17-,18-/m1/s1. The summed E-state index contributed by atoms with van der Waals surface area (Å²) in [5, 5.41) is 5.11. The fourth-order valence-corrected chi connectivity index (χ4v) is 4.63. The Morgan fingerprint density at radius 1 is 1.03 bits per heavy atom. The molecule has 0 aliphatic carbocycles. The second kappa shape index (κ2) is 8.91. The van der Waals surface area contributed by atoms with Crippen LogP contribution in [0.2, 0.25) is 0 Å². The van der Waals surface area contributed by atoms with Crippen LogP contribution in [0.4, 0.5) is 5.69 Å². The maximum Gasteiger partial charge on any atom is 0.255 e. The zero-order chi connectivity index (χ0) is 20.2. The summed E-state index contributed by atoms with van der Waals surface area (Å²) in [5.74, 6) is -0.0887. The fourth-order valence-electron chi connectivity index (χ4n) is 3.87. The van der Waals surface area contributed by atoms with E-state index in [1.54, 1.807) is 11.3 Å². The van der Waals surface area contributed by atoms with Crippen LogP contribution >= 0.6 is 11.3 Å². The van der Waals surface area contributed by atoms with E-state index >= 15 is 0 Å². The third-order valence-electron chi connectivity index (χ3n) is 5.08. The topological polar surface area (TPSA) is 41.6 Å². The molecule has 1 aromatic heterocycles. The number of ether oxygens (including phenoxy) is 1. The van der Waals surface area contributed by atoms with E-state index in [-0.39, 0.29) is 18.1 Å². The normalized spacial score (nSPS) is 19.8. The van der Waals surface area contributed by atoms with Gasteiger partial charge in [-0.15, -0.1) is 11.3 Å². The van der Waals surface area contributed by atoms with E-state index in [4.69, 9.17) is 4.74 Å². The Morgan fingerprint density at radius 3 is 2.45 bits per heavy atom. The van der Waals surface area contributed by atoms with Gasteiger partial charge in [-0.3, -0.25) is 9.69 Å². The molecular weight excluding hydrogens is 380 g/mol. The number of nitrogens with one attached hydrogen (secondary N) is 1. The van der Waals surface area contributed by atoms with Crippen molar-refractivity contribution in [3.63, 3.8) is 0 Å².